The summed E-state index contributed by atoms with van der Waals surface area (Å²) < 4.78 is 1.45. The van der Waals surface area contributed by atoms with Crippen LogP contribution in [0.5, 0.6) is 0 Å². The highest BCUT2D eigenvalue weighted by molar-refractivity contribution is 5.99. The van der Waals surface area contributed by atoms with E-state index < -0.39 is 0 Å². The lowest BCUT2D eigenvalue weighted by atomic mass is 9.97. The third-order valence-electron chi connectivity index (χ3n) is 6.44. The number of nitrogens with zero attached hydrogens (tertiary/aromatic N) is 3. The average Bonchev–Trinajstić information content (AvgIpc) is 3.50. The number of aryl methyl sites for hydroxylation is 1. The zero-order valence-electron chi connectivity index (χ0n) is 17.4. The second kappa shape index (κ2) is 7.00. The van der Waals surface area contributed by atoms with Crippen molar-refractivity contribution in [2.24, 2.45) is 0 Å². The molecule has 1 atom stereocenters. The topological polar surface area (TPSA) is 96.5 Å². The van der Waals surface area contributed by atoms with Crippen molar-refractivity contribution in [3.8, 4) is 0 Å². The predicted molar refractivity (Wildman–Crippen MR) is 116 cm³/mol. The monoisotopic (exact) mass is 405 g/mol. The number of benzene rings is 1. The Balaban J connectivity index is 1.55. The number of likely N-dealkylation sites (tertiary alicyclic amines) is 1. The molecule has 1 aliphatic heterocycles. The van der Waals surface area contributed by atoms with Crippen LogP contribution in [-0.4, -0.2) is 31.9 Å². The van der Waals surface area contributed by atoms with Gasteiger partial charge in [-0.25, -0.2) is 0 Å². The number of carbonyl (C=O) groups excluding carboxylic acids is 1. The van der Waals surface area contributed by atoms with Crippen LogP contribution in [0, 0.1) is 13.8 Å². The van der Waals surface area contributed by atoms with E-state index in [9.17, 15) is 9.59 Å². The van der Waals surface area contributed by atoms with Crippen LogP contribution in [0.3, 0.4) is 0 Å². The molecule has 1 unspecified atom stereocenters. The van der Waals surface area contributed by atoms with Gasteiger partial charge < -0.3 is 15.6 Å². The lowest BCUT2D eigenvalue weighted by Gasteiger charge is -2.35. The number of nitrogens with two attached hydrogens (primary N) is 1. The fourth-order valence-electron chi connectivity index (χ4n) is 4.58. The lowest BCUT2D eigenvalue weighted by Crippen LogP contribution is -2.39. The molecule has 2 aliphatic rings. The molecule has 1 aliphatic carbocycles. The first-order chi connectivity index (χ1) is 14.4. The number of nitrogens with one attached hydrogen (secondary N) is 1. The Morgan fingerprint density at radius 1 is 1.17 bits per heavy atom. The number of rotatable bonds is 3. The summed E-state index contributed by atoms with van der Waals surface area (Å²) in [4.78, 5) is 31.6. The fraction of sp³-hybridized carbons (Fsp3) is 0.435. The molecule has 2 fully saturated rings. The number of piperidine rings is 1. The van der Waals surface area contributed by atoms with Crippen LogP contribution in [0.2, 0.25) is 0 Å². The summed E-state index contributed by atoms with van der Waals surface area (Å²) in [5.74, 6) is 0.386. The molecule has 0 bridgehead atoms. The first-order valence-electron chi connectivity index (χ1n) is 10.7. The molecule has 1 amide bonds. The highest BCUT2D eigenvalue weighted by atomic mass is 16.2. The van der Waals surface area contributed by atoms with Gasteiger partial charge in [-0.2, -0.15) is 9.61 Å². The molecule has 0 radical (unpaired) electrons. The molecule has 5 rings (SSSR count). The van der Waals surface area contributed by atoms with Gasteiger partial charge in [0.25, 0.3) is 11.5 Å². The van der Waals surface area contributed by atoms with E-state index in [1.54, 1.807) is 6.07 Å². The largest absolute Gasteiger partial charge is 0.398 e. The zero-order valence-corrected chi connectivity index (χ0v) is 17.4. The fourth-order valence-corrected chi connectivity index (χ4v) is 4.58. The summed E-state index contributed by atoms with van der Waals surface area (Å²) in [7, 11) is 0. The van der Waals surface area contributed by atoms with Crippen molar-refractivity contribution in [3.05, 3.63) is 62.7 Å². The van der Waals surface area contributed by atoms with Gasteiger partial charge >= 0.3 is 0 Å². The van der Waals surface area contributed by atoms with E-state index >= 15 is 0 Å². The maximum atomic E-state index is 13.4. The van der Waals surface area contributed by atoms with Gasteiger partial charge in [0, 0.05) is 29.6 Å². The Hall–Kier alpha value is -3.09. The molecular formula is C23H27N5O2. The van der Waals surface area contributed by atoms with Crippen LogP contribution < -0.4 is 11.3 Å². The number of carbonyl (C=O) groups is 1. The molecular weight excluding hydrogens is 378 g/mol. The summed E-state index contributed by atoms with van der Waals surface area (Å²) >= 11 is 0. The van der Waals surface area contributed by atoms with Gasteiger partial charge in [0.2, 0.25) is 0 Å². The molecule has 3 N–H and O–H groups in total. The maximum absolute atomic E-state index is 13.4. The highest BCUT2D eigenvalue weighted by Gasteiger charge is 2.32. The minimum atomic E-state index is -0.163. The van der Waals surface area contributed by atoms with E-state index in [1.807, 2.05) is 36.9 Å². The van der Waals surface area contributed by atoms with Gasteiger partial charge in [0.15, 0.2) is 0 Å². The SMILES string of the molecule is Cc1ccc(N)c(C(=O)N2CCCCC2c2cc3[nH]c(C4CC4)c(C)c(=O)n3n2)c1. The molecule has 0 spiro atoms. The summed E-state index contributed by atoms with van der Waals surface area (Å²) in [5.41, 5.74) is 11.3. The number of aromatic amines is 1. The van der Waals surface area contributed by atoms with Crippen molar-refractivity contribution in [2.75, 3.05) is 12.3 Å². The first-order valence-corrected chi connectivity index (χ1v) is 10.7. The number of hydrogen-bond donors (Lipinski definition) is 2. The molecule has 156 valence electrons. The van der Waals surface area contributed by atoms with Gasteiger partial charge in [-0.05, 0) is 64.0 Å². The van der Waals surface area contributed by atoms with Gasteiger partial charge in [-0.3, -0.25) is 9.59 Å². The molecule has 3 heterocycles. The minimum Gasteiger partial charge on any atom is -0.398 e. The van der Waals surface area contributed by atoms with Gasteiger partial charge in [0.1, 0.15) is 5.65 Å². The predicted octanol–water partition coefficient (Wildman–Crippen LogP) is 3.47. The van der Waals surface area contributed by atoms with Crippen LogP contribution in [0.15, 0.2) is 29.1 Å². The molecule has 3 aromatic rings. The van der Waals surface area contributed by atoms with Crippen molar-refractivity contribution < 1.29 is 4.79 Å². The molecule has 7 nitrogen and oxygen atoms in total. The summed E-state index contributed by atoms with van der Waals surface area (Å²) in [6.45, 7) is 4.48. The third-order valence-corrected chi connectivity index (χ3v) is 6.44. The number of fused-ring (bicyclic) bond motifs is 1. The normalized spacial score (nSPS) is 19.4. The standard InChI is InChI=1S/C23H27N5O2/c1-13-6-9-17(24)16(11-13)23(30)27-10-4-3-5-19(27)18-12-20-25-21(15-7-8-15)14(2)22(29)28(20)26-18/h6,9,11-12,15,19,25H,3-5,7-8,10,24H2,1-2H3. The number of hydrogen-bond acceptors (Lipinski definition) is 4. The van der Waals surface area contributed by atoms with E-state index in [0.29, 0.717) is 29.4 Å². The van der Waals surface area contributed by atoms with Crippen LogP contribution in [0.25, 0.3) is 5.65 Å². The minimum absolute atomic E-state index is 0.0702. The van der Waals surface area contributed by atoms with Gasteiger partial charge in [0.05, 0.1) is 17.3 Å². The Morgan fingerprint density at radius 2 is 1.97 bits per heavy atom. The van der Waals surface area contributed by atoms with Gasteiger partial charge in [-0.15, -0.1) is 0 Å². The second-order valence-corrected chi connectivity index (χ2v) is 8.71. The molecule has 30 heavy (non-hydrogen) atoms. The number of anilines is 1. The van der Waals surface area contributed by atoms with Crippen LogP contribution >= 0.6 is 0 Å². The van der Waals surface area contributed by atoms with Crippen molar-refractivity contribution in [3.63, 3.8) is 0 Å². The van der Waals surface area contributed by atoms with Crippen molar-refractivity contribution >= 4 is 17.2 Å². The van der Waals surface area contributed by atoms with E-state index in [1.165, 1.54) is 4.52 Å². The Kier molecular flexibility index (Phi) is 4.41. The number of aromatic nitrogens is 3. The highest BCUT2D eigenvalue weighted by Crippen LogP contribution is 2.40. The number of nitrogen functional groups attached to an aromatic ring is 1. The van der Waals surface area contributed by atoms with Crippen molar-refractivity contribution in [2.45, 2.75) is 57.9 Å². The smallest absolute Gasteiger partial charge is 0.277 e. The molecule has 1 saturated heterocycles. The van der Waals surface area contributed by atoms with Crippen LogP contribution in [0.1, 0.15) is 76.9 Å². The Labute approximate surface area is 174 Å². The first kappa shape index (κ1) is 18.9. The molecule has 1 saturated carbocycles. The molecule has 7 heteroatoms. The van der Waals surface area contributed by atoms with E-state index in [4.69, 9.17) is 5.73 Å². The van der Waals surface area contributed by atoms with E-state index in [0.717, 1.165) is 54.6 Å². The summed E-state index contributed by atoms with van der Waals surface area (Å²) in [6, 6.07) is 7.31. The average molecular weight is 406 g/mol. The number of amides is 1. The molecule has 2 aromatic heterocycles. The van der Waals surface area contributed by atoms with Crippen molar-refractivity contribution in [1.82, 2.24) is 19.5 Å². The summed E-state index contributed by atoms with van der Waals surface area (Å²) in [5, 5.41) is 4.63. The third kappa shape index (κ3) is 3.09. The van der Waals surface area contributed by atoms with Crippen molar-refractivity contribution in [1.29, 1.82) is 0 Å². The lowest BCUT2D eigenvalue weighted by molar-refractivity contribution is 0.0606. The van der Waals surface area contributed by atoms with E-state index in [-0.39, 0.29) is 17.5 Å². The maximum Gasteiger partial charge on any atom is 0.277 e. The Morgan fingerprint density at radius 3 is 2.73 bits per heavy atom. The Bertz CT molecular complexity index is 1200. The second-order valence-electron chi connectivity index (χ2n) is 8.71. The van der Waals surface area contributed by atoms with E-state index in [2.05, 4.69) is 10.1 Å². The van der Waals surface area contributed by atoms with Crippen LogP contribution in [0.4, 0.5) is 5.69 Å². The quantitative estimate of drug-likeness (QED) is 0.652. The number of H-pyrrole nitrogens is 1. The van der Waals surface area contributed by atoms with Crippen LogP contribution in [-0.2, 0) is 0 Å². The molecule has 1 aromatic carbocycles. The zero-order chi connectivity index (χ0) is 21.0. The summed E-state index contributed by atoms with van der Waals surface area (Å²) in [6.07, 6.45) is 5.04. The van der Waals surface area contributed by atoms with Gasteiger partial charge in [-0.1, -0.05) is 11.6 Å².